The first kappa shape index (κ1) is 17.5. The topological polar surface area (TPSA) is 87.7 Å². The number of aliphatic hydroxyl groups is 1. The summed E-state index contributed by atoms with van der Waals surface area (Å²) >= 11 is 0. The smallest absolute Gasteiger partial charge is 0.338 e. The SMILES string of the molecule is CCOC(=O)c1ccc(NC(=O)Nc2cccc(C(C)O)c2)cc1. The number of benzene rings is 2. The predicted molar refractivity (Wildman–Crippen MR) is 92.1 cm³/mol. The van der Waals surface area contributed by atoms with Crippen LogP contribution in [0.5, 0.6) is 0 Å². The Labute approximate surface area is 140 Å². The second kappa shape index (κ2) is 8.12. The van der Waals surface area contributed by atoms with Gasteiger partial charge in [0.25, 0.3) is 0 Å². The number of rotatable bonds is 5. The number of hydrogen-bond donors (Lipinski definition) is 3. The van der Waals surface area contributed by atoms with Gasteiger partial charge in [0, 0.05) is 11.4 Å². The number of amides is 2. The molecule has 2 aromatic rings. The standard InChI is InChI=1S/C18H20N2O4/c1-3-24-17(22)13-7-9-15(10-8-13)19-18(23)20-16-6-4-5-14(11-16)12(2)21/h4-12,21H,3H2,1-2H3,(H2,19,20,23). The molecule has 2 aromatic carbocycles. The molecule has 0 saturated heterocycles. The van der Waals surface area contributed by atoms with Crippen LogP contribution in [0.15, 0.2) is 48.5 Å². The van der Waals surface area contributed by atoms with Gasteiger partial charge in [-0.05, 0) is 55.8 Å². The molecule has 6 heteroatoms. The largest absolute Gasteiger partial charge is 0.462 e. The second-order valence-electron chi connectivity index (χ2n) is 5.18. The third-order valence-electron chi connectivity index (χ3n) is 3.28. The molecule has 1 unspecified atom stereocenters. The van der Waals surface area contributed by atoms with Crippen LogP contribution in [0.25, 0.3) is 0 Å². The Morgan fingerprint density at radius 2 is 1.75 bits per heavy atom. The Balaban J connectivity index is 1.97. The Kier molecular flexibility index (Phi) is 5.92. The summed E-state index contributed by atoms with van der Waals surface area (Å²) in [6.07, 6.45) is -0.606. The highest BCUT2D eigenvalue weighted by atomic mass is 16.5. The zero-order valence-electron chi connectivity index (χ0n) is 13.6. The van der Waals surface area contributed by atoms with Crippen LogP contribution in [0.4, 0.5) is 16.2 Å². The summed E-state index contributed by atoms with van der Waals surface area (Å²) in [6.45, 7) is 3.71. The molecule has 0 aromatic heterocycles. The zero-order chi connectivity index (χ0) is 17.5. The molecule has 0 fully saturated rings. The maximum atomic E-state index is 12.0. The van der Waals surface area contributed by atoms with Gasteiger partial charge >= 0.3 is 12.0 Å². The van der Waals surface area contributed by atoms with Crippen molar-refractivity contribution >= 4 is 23.4 Å². The zero-order valence-corrected chi connectivity index (χ0v) is 13.6. The third-order valence-corrected chi connectivity index (χ3v) is 3.28. The number of urea groups is 1. The molecule has 6 nitrogen and oxygen atoms in total. The summed E-state index contributed by atoms with van der Waals surface area (Å²) in [4.78, 5) is 23.6. The number of anilines is 2. The van der Waals surface area contributed by atoms with Crippen LogP contribution < -0.4 is 10.6 Å². The Hall–Kier alpha value is -2.86. The van der Waals surface area contributed by atoms with Crippen molar-refractivity contribution in [1.29, 1.82) is 0 Å². The monoisotopic (exact) mass is 328 g/mol. The van der Waals surface area contributed by atoms with Gasteiger partial charge in [0.2, 0.25) is 0 Å². The quantitative estimate of drug-likeness (QED) is 0.732. The second-order valence-corrected chi connectivity index (χ2v) is 5.18. The molecule has 0 heterocycles. The van der Waals surface area contributed by atoms with Gasteiger partial charge < -0.3 is 20.5 Å². The van der Waals surface area contributed by atoms with E-state index in [1.165, 1.54) is 0 Å². The molecule has 0 bridgehead atoms. The number of nitrogens with one attached hydrogen (secondary N) is 2. The van der Waals surface area contributed by atoms with E-state index in [1.54, 1.807) is 62.4 Å². The van der Waals surface area contributed by atoms with E-state index in [0.717, 1.165) is 0 Å². The molecular formula is C18H20N2O4. The van der Waals surface area contributed by atoms with E-state index in [1.807, 2.05) is 0 Å². The van der Waals surface area contributed by atoms with E-state index in [2.05, 4.69) is 10.6 Å². The number of hydrogen-bond acceptors (Lipinski definition) is 4. The van der Waals surface area contributed by atoms with Gasteiger partial charge in [-0.15, -0.1) is 0 Å². The van der Waals surface area contributed by atoms with E-state index in [0.29, 0.717) is 29.1 Å². The first-order chi connectivity index (χ1) is 11.5. The lowest BCUT2D eigenvalue weighted by molar-refractivity contribution is 0.0526. The fourth-order valence-corrected chi connectivity index (χ4v) is 2.07. The first-order valence-electron chi connectivity index (χ1n) is 7.63. The van der Waals surface area contributed by atoms with E-state index >= 15 is 0 Å². The van der Waals surface area contributed by atoms with Gasteiger partial charge in [-0.3, -0.25) is 0 Å². The molecule has 0 aliphatic carbocycles. The number of carbonyl (C=O) groups is 2. The van der Waals surface area contributed by atoms with Crippen molar-refractivity contribution in [1.82, 2.24) is 0 Å². The normalized spacial score (nSPS) is 11.5. The van der Waals surface area contributed by atoms with E-state index in [9.17, 15) is 14.7 Å². The molecule has 126 valence electrons. The fourth-order valence-electron chi connectivity index (χ4n) is 2.07. The van der Waals surface area contributed by atoms with E-state index in [-0.39, 0.29) is 0 Å². The van der Waals surface area contributed by atoms with Crippen molar-refractivity contribution in [2.75, 3.05) is 17.2 Å². The molecule has 3 N–H and O–H groups in total. The molecule has 0 spiro atoms. The van der Waals surface area contributed by atoms with Gasteiger partial charge in [-0.1, -0.05) is 12.1 Å². The maximum Gasteiger partial charge on any atom is 0.338 e. The molecule has 2 rings (SSSR count). The van der Waals surface area contributed by atoms with Crippen LogP contribution in [0, 0.1) is 0 Å². The number of aliphatic hydroxyl groups excluding tert-OH is 1. The van der Waals surface area contributed by atoms with Gasteiger partial charge in [0.05, 0.1) is 18.3 Å². The van der Waals surface area contributed by atoms with E-state index in [4.69, 9.17) is 4.74 Å². The highest BCUT2D eigenvalue weighted by Crippen LogP contribution is 2.17. The molecule has 24 heavy (non-hydrogen) atoms. The average Bonchev–Trinajstić information content (AvgIpc) is 2.55. The van der Waals surface area contributed by atoms with Crippen molar-refractivity contribution < 1.29 is 19.4 Å². The summed E-state index contributed by atoms with van der Waals surface area (Å²) in [5, 5.41) is 14.9. The van der Waals surface area contributed by atoms with Crippen molar-refractivity contribution in [3.05, 3.63) is 59.7 Å². The van der Waals surface area contributed by atoms with Crippen molar-refractivity contribution in [3.63, 3.8) is 0 Å². The Morgan fingerprint density at radius 3 is 2.38 bits per heavy atom. The fraction of sp³-hybridized carbons (Fsp3) is 0.222. The van der Waals surface area contributed by atoms with Gasteiger partial charge in [-0.25, -0.2) is 9.59 Å². The molecule has 1 atom stereocenters. The number of esters is 1. The minimum Gasteiger partial charge on any atom is -0.462 e. The Bertz CT molecular complexity index is 711. The predicted octanol–water partition coefficient (Wildman–Crippen LogP) is 3.56. The van der Waals surface area contributed by atoms with Gasteiger partial charge in [0.1, 0.15) is 0 Å². The van der Waals surface area contributed by atoms with Crippen molar-refractivity contribution in [2.24, 2.45) is 0 Å². The summed E-state index contributed by atoms with van der Waals surface area (Å²) in [6, 6.07) is 13.0. The first-order valence-corrected chi connectivity index (χ1v) is 7.63. The van der Waals surface area contributed by atoms with Crippen LogP contribution >= 0.6 is 0 Å². The molecule has 2 amide bonds. The van der Waals surface area contributed by atoms with Crippen LogP contribution in [0.3, 0.4) is 0 Å². The maximum absolute atomic E-state index is 12.0. The van der Waals surface area contributed by atoms with Crippen LogP contribution in [-0.4, -0.2) is 23.7 Å². The van der Waals surface area contributed by atoms with Crippen LogP contribution in [0.2, 0.25) is 0 Å². The highest BCUT2D eigenvalue weighted by Gasteiger charge is 2.08. The summed E-state index contributed by atoms with van der Waals surface area (Å²) in [5.41, 5.74) is 2.26. The lowest BCUT2D eigenvalue weighted by Gasteiger charge is -2.10. The molecule has 0 aliphatic heterocycles. The number of carbonyl (C=O) groups excluding carboxylic acids is 2. The number of ether oxygens (including phenoxy) is 1. The highest BCUT2D eigenvalue weighted by molar-refractivity contribution is 6.00. The average molecular weight is 328 g/mol. The molecule has 0 saturated carbocycles. The molecule has 0 aliphatic rings. The summed E-state index contributed by atoms with van der Waals surface area (Å²) in [7, 11) is 0. The summed E-state index contributed by atoms with van der Waals surface area (Å²) < 4.78 is 4.90. The van der Waals surface area contributed by atoms with Crippen LogP contribution in [-0.2, 0) is 4.74 Å². The molecular weight excluding hydrogens is 308 g/mol. The van der Waals surface area contributed by atoms with Crippen molar-refractivity contribution in [2.45, 2.75) is 20.0 Å². The van der Waals surface area contributed by atoms with Gasteiger partial charge in [-0.2, -0.15) is 0 Å². The van der Waals surface area contributed by atoms with E-state index < -0.39 is 18.1 Å². The third kappa shape index (κ3) is 4.82. The lowest BCUT2D eigenvalue weighted by atomic mass is 10.1. The van der Waals surface area contributed by atoms with Gasteiger partial charge in [0.15, 0.2) is 0 Å². The Morgan fingerprint density at radius 1 is 1.08 bits per heavy atom. The summed E-state index contributed by atoms with van der Waals surface area (Å²) in [5.74, 6) is -0.400. The van der Waals surface area contributed by atoms with Crippen LogP contribution in [0.1, 0.15) is 35.9 Å². The van der Waals surface area contributed by atoms with Crippen molar-refractivity contribution in [3.8, 4) is 0 Å². The molecule has 0 radical (unpaired) electrons. The minimum absolute atomic E-state index is 0.312. The minimum atomic E-state index is -0.606. The lowest BCUT2D eigenvalue weighted by Crippen LogP contribution is -2.19.